The van der Waals surface area contributed by atoms with Gasteiger partial charge in [0.15, 0.2) is 0 Å². The minimum Gasteiger partial charge on any atom is -0.309 e. The van der Waals surface area contributed by atoms with Gasteiger partial charge in [-0.2, -0.15) is 0 Å². The molecule has 2 N–H and O–H groups in total. The molecular formula is C13H17N3O2S3. The Bertz CT molecular complexity index is 717. The molecule has 0 atom stereocenters. The van der Waals surface area contributed by atoms with Crippen molar-refractivity contribution in [3.63, 3.8) is 0 Å². The van der Waals surface area contributed by atoms with E-state index in [1.165, 1.54) is 35.5 Å². The van der Waals surface area contributed by atoms with Gasteiger partial charge in [0.05, 0.1) is 11.4 Å². The van der Waals surface area contributed by atoms with Crippen LogP contribution in [0.25, 0.3) is 0 Å². The molecule has 2 heterocycles. The third kappa shape index (κ3) is 4.10. The zero-order valence-electron chi connectivity index (χ0n) is 11.6. The number of aromatic nitrogens is 1. The van der Waals surface area contributed by atoms with E-state index in [9.17, 15) is 8.42 Å². The van der Waals surface area contributed by atoms with Gasteiger partial charge >= 0.3 is 0 Å². The van der Waals surface area contributed by atoms with E-state index in [1.807, 2.05) is 12.3 Å². The molecule has 0 saturated heterocycles. The maximum atomic E-state index is 12.2. The topological polar surface area (TPSA) is 71.1 Å². The highest BCUT2D eigenvalue weighted by molar-refractivity contribution is 7.89. The number of thiazole rings is 1. The van der Waals surface area contributed by atoms with Gasteiger partial charge in [-0.25, -0.2) is 18.1 Å². The number of sulfonamides is 1. The first-order valence-electron chi connectivity index (χ1n) is 6.74. The van der Waals surface area contributed by atoms with E-state index in [0.29, 0.717) is 10.9 Å². The molecule has 0 bridgehead atoms. The largest absolute Gasteiger partial charge is 0.309 e. The van der Waals surface area contributed by atoms with Crippen LogP contribution in [0.15, 0.2) is 21.7 Å². The van der Waals surface area contributed by atoms with E-state index in [4.69, 9.17) is 0 Å². The lowest BCUT2D eigenvalue weighted by Crippen LogP contribution is -2.22. The molecule has 5 nitrogen and oxygen atoms in total. The highest BCUT2D eigenvalue weighted by atomic mass is 32.2. The van der Waals surface area contributed by atoms with E-state index >= 15 is 0 Å². The van der Waals surface area contributed by atoms with Gasteiger partial charge < -0.3 is 5.32 Å². The summed E-state index contributed by atoms with van der Waals surface area (Å²) in [5.74, 6) is 0. The Morgan fingerprint density at radius 1 is 1.29 bits per heavy atom. The molecule has 3 rings (SSSR count). The molecule has 1 aliphatic rings. The summed E-state index contributed by atoms with van der Waals surface area (Å²) in [5.41, 5.74) is 0.915. The van der Waals surface area contributed by atoms with Crippen molar-refractivity contribution in [1.29, 1.82) is 0 Å². The number of thiophene rings is 1. The second kappa shape index (κ2) is 6.13. The van der Waals surface area contributed by atoms with Gasteiger partial charge in [0, 0.05) is 33.9 Å². The first kappa shape index (κ1) is 15.1. The van der Waals surface area contributed by atoms with E-state index in [-0.39, 0.29) is 6.54 Å². The predicted octanol–water partition coefficient (Wildman–Crippen LogP) is 2.24. The van der Waals surface area contributed by atoms with Gasteiger partial charge in [-0.05, 0) is 25.8 Å². The van der Waals surface area contributed by atoms with Crippen molar-refractivity contribution in [2.24, 2.45) is 0 Å². The molecule has 21 heavy (non-hydrogen) atoms. The zero-order chi connectivity index (χ0) is 14.9. The molecule has 0 aromatic carbocycles. The average Bonchev–Trinajstić information content (AvgIpc) is 2.97. The fourth-order valence-corrected chi connectivity index (χ4v) is 4.87. The summed E-state index contributed by atoms with van der Waals surface area (Å²) in [6.45, 7) is 2.88. The summed E-state index contributed by atoms with van der Waals surface area (Å²) in [5, 5.41) is 7.77. The van der Waals surface area contributed by atoms with Gasteiger partial charge in [0.2, 0.25) is 10.0 Å². The van der Waals surface area contributed by atoms with Crippen molar-refractivity contribution in [3.05, 3.63) is 32.4 Å². The summed E-state index contributed by atoms with van der Waals surface area (Å²) in [6, 6.07) is 2.37. The SMILES string of the molecule is Cc1csc(CNS(=O)(=O)c2csc(CNC3CC3)c2)n1. The Kier molecular flexibility index (Phi) is 4.41. The first-order valence-corrected chi connectivity index (χ1v) is 9.99. The number of hydrogen-bond donors (Lipinski definition) is 2. The van der Waals surface area contributed by atoms with Crippen molar-refractivity contribution in [2.45, 2.75) is 43.8 Å². The van der Waals surface area contributed by atoms with Crippen LogP contribution in [0.1, 0.15) is 28.4 Å². The van der Waals surface area contributed by atoms with Crippen LogP contribution in [0.3, 0.4) is 0 Å². The first-order chi connectivity index (χ1) is 10.0. The second-order valence-electron chi connectivity index (χ2n) is 5.11. The molecule has 1 aliphatic carbocycles. The van der Waals surface area contributed by atoms with Crippen LogP contribution in [-0.4, -0.2) is 19.4 Å². The Labute approximate surface area is 132 Å². The molecule has 0 unspecified atom stereocenters. The molecule has 1 fully saturated rings. The van der Waals surface area contributed by atoms with Crippen LogP contribution in [0.2, 0.25) is 0 Å². The van der Waals surface area contributed by atoms with Crippen LogP contribution in [-0.2, 0) is 23.1 Å². The maximum absolute atomic E-state index is 12.2. The quantitative estimate of drug-likeness (QED) is 0.809. The average molecular weight is 343 g/mol. The van der Waals surface area contributed by atoms with E-state index in [2.05, 4.69) is 15.0 Å². The second-order valence-corrected chi connectivity index (χ2v) is 8.82. The Morgan fingerprint density at radius 3 is 2.76 bits per heavy atom. The minimum absolute atomic E-state index is 0.242. The summed E-state index contributed by atoms with van der Waals surface area (Å²) < 4.78 is 27.1. The minimum atomic E-state index is -3.45. The fraction of sp³-hybridized carbons (Fsp3) is 0.462. The van der Waals surface area contributed by atoms with Crippen LogP contribution in [0.5, 0.6) is 0 Å². The maximum Gasteiger partial charge on any atom is 0.241 e. The van der Waals surface area contributed by atoms with Crippen molar-refractivity contribution < 1.29 is 8.42 Å². The zero-order valence-corrected chi connectivity index (χ0v) is 14.1. The van der Waals surface area contributed by atoms with Crippen LogP contribution < -0.4 is 10.0 Å². The summed E-state index contributed by atoms with van der Waals surface area (Å²) >= 11 is 2.94. The molecule has 2 aromatic rings. The monoisotopic (exact) mass is 343 g/mol. The van der Waals surface area contributed by atoms with Crippen molar-refractivity contribution >= 4 is 32.7 Å². The Hall–Kier alpha value is -0.800. The Balaban J connectivity index is 1.60. The lowest BCUT2D eigenvalue weighted by atomic mass is 10.4. The predicted molar refractivity (Wildman–Crippen MR) is 85.1 cm³/mol. The molecular weight excluding hydrogens is 326 g/mol. The smallest absolute Gasteiger partial charge is 0.241 e. The van der Waals surface area contributed by atoms with E-state index in [1.54, 1.807) is 11.4 Å². The summed E-state index contributed by atoms with van der Waals surface area (Å²) in [7, 11) is -3.45. The third-order valence-corrected chi connectivity index (χ3v) is 6.60. The number of hydrogen-bond acceptors (Lipinski definition) is 6. The van der Waals surface area contributed by atoms with Gasteiger partial charge in [-0.1, -0.05) is 0 Å². The number of nitrogens with zero attached hydrogens (tertiary/aromatic N) is 1. The lowest BCUT2D eigenvalue weighted by Gasteiger charge is -2.02. The molecule has 0 spiro atoms. The lowest BCUT2D eigenvalue weighted by molar-refractivity contribution is 0.581. The standard InChI is InChI=1S/C13H17N3O2S3/c1-9-7-20-13(16-9)6-15-21(17,18)12-4-11(19-8-12)5-14-10-2-3-10/h4,7-8,10,14-15H,2-3,5-6H2,1H3. The van der Waals surface area contributed by atoms with Crippen LogP contribution in [0, 0.1) is 6.92 Å². The van der Waals surface area contributed by atoms with Crippen molar-refractivity contribution in [1.82, 2.24) is 15.0 Å². The van der Waals surface area contributed by atoms with Gasteiger partial charge in [-0.15, -0.1) is 22.7 Å². The summed E-state index contributed by atoms with van der Waals surface area (Å²) in [4.78, 5) is 5.64. The Morgan fingerprint density at radius 2 is 2.10 bits per heavy atom. The fourth-order valence-electron chi connectivity index (χ4n) is 1.85. The van der Waals surface area contributed by atoms with Gasteiger partial charge in [0.1, 0.15) is 5.01 Å². The molecule has 114 valence electrons. The van der Waals surface area contributed by atoms with Gasteiger partial charge in [-0.3, -0.25) is 0 Å². The number of nitrogens with one attached hydrogen (secondary N) is 2. The van der Waals surface area contributed by atoms with Crippen LogP contribution >= 0.6 is 22.7 Å². The molecule has 2 aromatic heterocycles. The van der Waals surface area contributed by atoms with Crippen LogP contribution in [0.4, 0.5) is 0 Å². The molecule has 0 amide bonds. The highest BCUT2D eigenvalue weighted by Crippen LogP contribution is 2.23. The molecule has 0 aliphatic heterocycles. The third-order valence-electron chi connectivity index (χ3n) is 3.16. The summed E-state index contributed by atoms with van der Waals surface area (Å²) in [6.07, 6.45) is 2.45. The number of rotatable bonds is 7. The van der Waals surface area contributed by atoms with E-state index < -0.39 is 10.0 Å². The normalized spacial score (nSPS) is 15.5. The van der Waals surface area contributed by atoms with Crippen molar-refractivity contribution in [3.8, 4) is 0 Å². The van der Waals surface area contributed by atoms with E-state index in [0.717, 1.165) is 22.1 Å². The van der Waals surface area contributed by atoms with Gasteiger partial charge in [0.25, 0.3) is 0 Å². The molecule has 8 heteroatoms. The molecule has 1 saturated carbocycles. The van der Waals surface area contributed by atoms with Crippen molar-refractivity contribution in [2.75, 3.05) is 0 Å². The highest BCUT2D eigenvalue weighted by Gasteiger charge is 2.21. The number of aryl methyl sites for hydroxylation is 1. The molecule has 0 radical (unpaired) electrons.